The molecule has 0 aromatic rings. The van der Waals surface area contributed by atoms with E-state index in [2.05, 4.69) is 44.1 Å². The molecule has 1 saturated heterocycles. The summed E-state index contributed by atoms with van der Waals surface area (Å²) < 4.78 is 6.21. The third kappa shape index (κ3) is 6.70. The van der Waals surface area contributed by atoms with E-state index < -0.39 is 8.32 Å². The van der Waals surface area contributed by atoms with Crippen LogP contribution in [-0.2, 0) is 4.43 Å². The van der Waals surface area contributed by atoms with Gasteiger partial charge >= 0.3 is 0 Å². The molecule has 0 aromatic carbocycles. The molecule has 0 spiro atoms. The Balaban J connectivity index is 1.97. The van der Waals surface area contributed by atoms with Crippen LogP contribution in [-0.4, -0.2) is 52.5 Å². The van der Waals surface area contributed by atoms with Crippen molar-refractivity contribution in [2.75, 3.05) is 39.3 Å². The molecular formula is C16H36N2OSi. The second-order valence-electron chi connectivity index (χ2n) is 7.61. The van der Waals surface area contributed by atoms with E-state index in [1.165, 1.54) is 58.4 Å². The van der Waals surface area contributed by atoms with Crippen molar-refractivity contribution in [3.05, 3.63) is 0 Å². The number of nitrogens with zero attached hydrogens (tertiary/aromatic N) is 1. The molecule has 20 heavy (non-hydrogen) atoms. The minimum absolute atomic E-state index is 0.343. The molecule has 1 rings (SSSR count). The smallest absolute Gasteiger partial charge is 0.191 e. The first-order valence-electron chi connectivity index (χ1n) is 8.40. The third-order valence-electron chi connectivity index (χ3n) is 4.85. The van der Waals surface area contributed by atoms with E-state index >= 15 is 0 Å². The summed E-state index contributed by atoms with van der Waals surface area (Å²) in [6.07, 6.45) is 5.25. The summed E-state index contributed by atoms with van der Waals surface area (Å²) in [4.78, 5) is 2.59. The molecule has 120 valence electrons. The zero-order valence-electron chi connectivity index (χ0n) is 14.4. The molecule has 4 heteroatoms. The Morgan fingerprint density at radius 3 is 2.20 bits per heavy atom. The van der Waals surface area contributed by atoms with Crippen molar-refractivity contribution in [3.63, 3.8) is 0 Å². The fraction of sp³-hybridized carbons (Fsp3) is 1.00. The average molecular weight is 301 g/mol. The minimum atomic E-state index is -1.52. The van der Waals surface area contributed by atoms with Crippen molar-refractivity contribution in [1.29, 1.82) is 0 Å². The lowest BCUT2D eigenvalue weighted by Gasteiger charge is -2.36. The third-order valence-corrected chi connectivity index (χ3v) is 9.39. The summed E-state index contributed by atoms with van der Waals surface area (Å²) in [7, 11) is -1.52. The molecule has 0 aromatic heterocycles. The fourth-order valence-corrected chi connectivity index (χ4v) is 3.36. The van der Waals surface area contributed by atoms with Gasteiger partial charge in [0.05, 0.1) is 0 Å². The summed E-state index contributed by atoms with van der Waals surface area (Å²) in [5.74, 6) is 0. The normalized spacial score (nSPS) is 18.4. The fourth-order valence-electron chi connectivity index (χ4n) is 2.27. The van der Waals surface area contributed by atoms with Crippen LogP contribution in [0, 0.1) is 0 Å². The maximum atomic E-state index is 6.21. The SMILES string of the molecule is CC(C)(C)[Si](C)(C)OCCCCCCN1CCNCC1. The average Bonchev–Trinajstić information content (AvgIpc) is 2.37. The van der Waals surface area contributed by atoms with Crippen molar-refractivity contribution in [3.8, 4) is 0 Å². The molecule has 1 fully saturated rings. The minimum Gasteiger partial charge on any atom is -0.417 e. The van der Waals surface area contributed by atoms with Crippen molar-refractivity contribution in [1.82, 2.24) is 10.2 Å². The number of hydrogen-bond donors (Lipinski definition) is 1. The Hall–Kier alpha value is 0.0969. The molecule has 0 radical (unpaired) electrons. The summed E-state index contributed by atoms with van der Waals surface area (Å²) in [6.45, 7) is 18.7. The van der Waals surface area contributed by atoms with Crippen molar-refractivity contribution >= 4 is 8.32 Å². The zero-order valence-corrected chi connectivity index (χ0v) is 15.4. The quantitative estimate of drug-likeness (QED) is 0.549. The van der Waals surface area contributed by atoms with Crippen LogP contribution >= 0.6 is 0 Å². The first kappa shape index (κ1) is 18.1. The molecule has 1 heterocycles. The van der Waals surface area contributed by atoms with Gasteiger partial charge in [-0.1, -0.05) is 33.6 Å². The molecule has 0 aliphatic carbocycles. The lowest BCUT2D eigenvalue weighted by atomic mass is 10.2. The summed E-state index contributed by atoms with van der Waals surface area (Å²) in [6, 6.07) is 0. The molecule has 0 atom stereocenters. The zero-order chi connectivity index (χ0) is 15.1. The second-order valence-corrected chi connectivity index (χ2v) is 12.4. The van der Waals surface area contributed by atoms with Gasteiger partial charge in [-0.3, -0.25) is 0 Å². The molecule has 1 N–H and O–H groups in total. The maximum Gasteiger partial charge on any atom is 0.191 e. The Kier molecular flexibility index (Phi) is 7.73. The van der Waals surface area contributed by atoms with Crippen molar-refractivity contribution in [2.24, 2.45) is 0 Å². The number of hydrogen-bond acceptors (Lipinski definition) is 3. The Bertz CT molecular complexity index is 258. The van der Waals surface area contributed by atoms with Crippen molar-refractivity contribution < 1.29 is 4.43 Å². The molecule has 1 aliphatic heterocycles. The number of unbranched alkanes of at least 4 members (excludes halogenated alkanes) is 3. The van der Waals surface area contributed by atoms with Gasteiger partial charge in [0.25, 0.3) is 0 Å². The van der Waals surface area contributed by atoms with Crippen molar-refractivity contribution in [2.45, 2.75) is 64.6 Å². The number of nitrogens with one attached hydrogen (secondary N) is 1. The summed E-state index contributed by atoms with van der Waals surface area (Å²) >= 11 is 0. The molecule has 3 nitrogen and oxygen atoms in total. The lowest BCUT2D eigenvalue weighted by molar-refractivity contribution is 0.233. The van der Waals surface area contributed by atoms with E-state index in [1.54, 1.807) is 0 Å². The van der Waals surface area contributed by atoms with Gasteiger partial charge in [0.1, 0.15) is 0 Å². The van der Waals surface area contributed by atoms with Gasteiger partial charge in [-0.2, -0.15) is 0 Å². The van der Waals surface area contributed by atoms with Gasteiger partial charge in [-0.25, -0.2) is 0 Å². The van der Waals surface area contributed by atoms with Crippen LogP contribution in [0.4, 0.5) is 0 Å². The van der Waals surface area contributed by atoms with Gasteiger partial charge in [0.2, 0.25) is 0 Å². The molecule has 0 saturated carbocycles. The maximum absolute atomic E-state index is 6.21. The second kappa shape index (κ2) is 8.52. The highest BCUT2D eigenvalue weighted by Crippen LogP contribution is 2.36. The van der Waals surface area contributed by atoms with E-state index in [9.17, 15) is 0 Å². The molecule has 0 unspecified atom stereocenters. The van der Waals surface area contributed by atoms with Gasteiger partial charge < -0.3 is 14.6 Å². The van der Waals surface area contributed by atoms with Crippen LogP contribution in [0.25, 0.3) is 0 Å². The molecule has 0 bridgehead atoms. The number of piperazine rings is 1. The van der Waals surface area contributed by atoms with Crippen LogP contribution in [0.15, 0.2) is 0 Å². The highest BCUT2D eigenvalue weighted by atomic mass is 28.4. The predicted molar refractivity (Wildman–Crippen MR) is 90.9 cm³/mol. The molecular weight excluding hydrogens is 264 g/mol. The Labute approximate surface area is 127 Å². The van der Waals surface area contributed by atoms with E-state index in [-0.39, 0.29) is 0 Å². The van der Waals surface area contributed by atoms with E-state index in [1.807, 2.05) is 0 Å². The first-order valence-corrected chi connectivity index (χ1v) is 11.3. The standard InChI is InChI=1S/C16H36N2OSi/c1-16(2,3)20(4,5)19-15-9-7-6-8-12-18-13-10-17-11-14-18/h17H,6-15H2,1-5H3. The lowest BCUT2D eigenvalue weighted by Crippen LogP contribution is -2.43. The monoisotopic (exact) mass is 300 g/mol. The van der Waals surface area contributed by atoms with Gasteiger partial charge in [0.15, 0.2) is 8.32 Å². The first-order chi connectivity index (χ1) is 9.33. The van der Waals surface area contributed by atoms with Gasteiger partial charge in [-0.05, 0) is 37.5 Å². The summed E-state index contributed by atoms with van der Waals surface area (Å²) in [5.41, 5.74) is 0. The summed E-state index contributed by atoms with van der Waals surface area (Å²) in [5, 5.41) is 3.75. The van der Waals surface area contributed by atoms with Gasteiger partial charge in [0, 0.05) is 32.8 Å². The number of rotatable bonds is 8. The Morgan fingerprint density at radius 1 is 1.00 bits per heavy atom. The van der Waals surface area contributed by atoms with Crippen LogP contribution in [0.5, 0.6) is 0 Å². The van der Waals surface area contributed by atoms with E-state index in [0.29, 0.717) is 5.04 Å². The molecule has 0 amide bonds. The van der Waals surface area contributed by atoms with Crippen LogP contribution in [0.2, 0.25) is 18.1 Å². The predicted octanol–water partition coefficient (Wildman–Crippen LogP) is 3.47. The Morgan fingerprint density at radius 2 is 1.60 bits per heavy atom. The highest BCUT2D eigenvalue weighted by Gasteiger charge is 2.36. The van der Waals surface area contributed by atoms with E-state index in [0.717, 1.165) is 6.61 Å². The largest absolute Gasteiger partial charge is 0.417 e. The van der Waals surface area contributed by atoms with E-state index in [4.69, 9.17) is 4.43 Å². The van der Waals surface area contributed by atoms with Crippen LogP contribution in [0.1, 0.15) is 46.5 Å². The topological polar surface area (TPSA) is 24.5 Å². The van der Waals surface area contributed by atoms with Crippen LogP contribution in [0.3, 0.4) is 0 Å². The van der Waals surface area contributed by atoms with Crippen LogP contribution < -0.4 is 5.32 Å². The molecule has 1 aliphatic rings. The van der Waals surface area contributed by atoms with Gasteiger partial charge in [-0.15, -0.1) is 0 Å². The highest BCUT2D eigenvalue weighted by molar-refractivity contribution is 6.74.